The molecule has 0 radical (unpaired) electrons. The van der Waals surface area contributed by atoms with Crippen molar-refractivity contribution in [2.24, 2.45) is 5.92 Å². The molecule has 0 spiro atoms. The lowest BCUT2D eigenvalue weighted by Crippen LogP contribution is -2.25. The minimum absolute atomic E-state index is 0.328. The number of esters is 1. The Hall–Kier alpha value is -1.66. The van der Waals surface area contributed by atoms with E-state index in [1.165, 1.54) is 30.6 Å². The molecule has 5 nitrogen and oxygen atoms in total. The molecule has 0 aromatic carbocycles. The van der Waals surface area contributed by atoms with E-state index in [0.717, 1.165) is 36.2 Å². The summed E-state index contributed by atoms with van der Waals surface area (Å²) in [7, 11) is 0. The van der Waals surface area contributed by atoms with E-state index in [9.17, 15) is 4.79 Å². The van der Waals surface area contributed by atoms with Gasteiger partial charge in [0.15, 0.2) is 0 Å². The fourth-order valence-electron chi connectivity index (χ4n) is 3.23. The lowest BCUT2D eigenvalue weighted by molar-refractivity contribution is 0.0525. The lowest BCUT2D eigenvalue weighted by Gasteiger charge is -2.19. The van der Waals surface area contributed by atoms with E-state index in [0.29, 0.717) is 23.6 Å². The van der Waals surface area contributed by atoms with Gasteiger partial charge in [0.2, 0.25) is 5.01 Å². The van der Waals surface area contributed by atoms with Gasteiger partial charge in [0.05, 0.1) is 18.8 Å². The Balaban J connectivity index is 1.40. The van der Waals surface area contributed by atoms with Gasteiger partial charge in [-0.15, -0.1) is 11.3 Å². The van der Waals surface area contributed by atoms with Crippen LogP contribution in [-0.4, -0.2) is 28.5 Å². The van der Waals surface area contributed by atoms with Crippen molar-refractivity contribution in [3.63, 3.8) is 0 Å². The second-order valence-corrected chi connectivity index (χ2v) is 7.98. The molecule has 2 aliphatic rings. The third-order valence-electron chi connectivity index (χ3n) is 4.95. The van der Waals surface area contributed by atoms with E-state index in [-0.39, 0.29) is 5.97 Å². The molecule has 0 amide bonds. The van der Waals surface area contributed by atoms with Crippen LogP contribution >= 0.6 is 11.3 Å². The molecule has 134 valence electrons. The molecular weight excluding hydrogens is 336 g/mol. The predicted octanol–water partition coefficient (Wildman–Crippen LogP) is 4.20. The van der Waals surface area contributed by atoms with Crippen LogP contribution in [0.3, 0.4) is 0 Å². The minimum Gasteiger partial charge on any atom is -0.464 e. The predicted molar refractivity (Wildman–Crippen MR) is 95.6 cm³/mol. The van der Waals surface area contributed by atoms with Crippen LogP contribution in [0.1, 0.15) is 66.0 Å². The molecule has 2 unspecified atom stereocenters. The van der Waals surface area contributed by atoms with Crippen LogP contribution in [0.4, 0.5) is 0 Å². The van der Waals surface area contributed by atoms with E-state index in [1.54, 1.807) is 6.92 Å². The van der Waals surface area contributed by atoms with Crippen LogP contribution < -0.4 is 0 Å². The number of hydrogen-bond acceptors (Lipinski definition) is 6. The second-order valence-electron chi connectivity index (χ2n) is 7.12. The van der Waals surface area contributed by atoms with Crippen LogP contribution in [0.15, 0.2) is 21.9 Å². The number of ether oxygens (including phenoxy) is 1. The first-order chi connectivity index (χ1) is 12.1. The highest BCUT2D eigenvalue weighted by Crippen LogP contribution is 2.47. The summed E-state index contributed by atoms with van der Waals surface area (Å²) in [5, 5.41) is 2.40. The van der Waals surface area contributed by atoms with E-state index in [4.69, 9.17) is 9.15 Å². The number of hydrogen-bond donors (Lipinski definition) is 0. The summed E-state index contributed by atoms with van der Waals surface area (Å²) >= 11 is 1.36. The van der Waals surface area contributed by atoms with Gasteiger partial charge in [0.1, 0.15) is 11.5 Å². The average molecular weight is 360 g/mol. The van der Waals surface area contributed by atoms with Gasteiger partial charge < -0.3 is 9.15 Å². The molecule has 0 saturated heterocycles. The third-order valence-corrected chi connectivity index (χ3v) is 5.82. The highest BCUT2D eigenvalue weighted by atomic mass is 32.1. The standard InChI is InChI=1S/C19H24N2O3S/c1-3-23-19(22)18-20-13(11-25-18)9-21(14-4-5-14)10-15-6-7-17(24-15)16-8-12(16)2/h6-7,11-12,14,16H,3-5,8-10H2,1-2H3. The van der Waals surface area contributed by atoms with Crippen molar-refractivity contribution in [3.05, 3.63) is 39.7 Å². The highest BCUT2D eigenvalue weighted by molar-refractivity contribution is 7.11. The molecule has 0 bridgehead atoms. The molecule has 2 saturated carbocycles. The van der Waals surface area contributed by atoms with Gasteiger partial charge in [0, 0.05) is 23.9 Å². The first-order valence-corrected chi connectivity index (χ1v) is 9.96. The molecular formula is C19H24N2O3S. The largest absolute Gasteiger partial charge is 0.464 e. The van der Waals surface area contributed by atoms with Crippen molar-refractivity contribution < 1.29 is 13.9 Å². The normalized spacial score (nSPS) is 22.4. The number of carbonyl (C=O) groups is 1. The van der Waals surface area contributed by atoms with E-state index in [2.05, 4.69) is 28.9 Å². The summed E-state index contributed by atoms with van der Waals surface area (Å²) in [6.45, 7) is 6.00. The number of nitrogens with zero attached hydrogens (tertiary/aromatic N) is 2. The van der Waals surface area contributed by atoms with Crippen LogP contribution in [0.25, 0.3) is 0 Å². The Bertz CT molecular complexity index is 749. The van der Waals surface area contributed by atoms with Crippen LogP contribution in [0.2, 0.25) is 0 Å². The monoisotopic (exact) mass is 360 g/mol. The molecule has 25 heavy (non-hydrogen) atoms. The summed E-state index contributed by atoms with van der Waals surface area (Å²) in [6.07, 6.45) is 3.69. The molecule has 4 rings (SSSR count). The fraction of sp³-hybridized carbons (Fsp3) is 0.579. The van der Waals surface area contributed by atoms with Gasteiger partial charge in [-0.2, -0.15) is 0 Å². The zero-order valence-corrected chi connectivity index (χ0v) is 15.6. The Morgan fingerprint density at radius 3 is 2.88 bits per heavy atom. The molecule has 2 aliphatic carbocycles. The molecule has 0 N–H and O–H groups in total. The lowest BCUT2D eigenvalue weighted by atomic mass is 10.3. The van der Waals surface area contributed by atoms with Crippen molar-refractivity contribution in [1.29, 1.82) is 0 Å². The zero-order valence-electron chi connectivity index (χ0n) is 14.7. The van der Waals surface area contributed by atoms with Gasteiger partial charge in [-0.3, -0.25) is 4.90 Å². The van der Waals surface area contributed by atoms with Crippen LogP contribution in [-0.2, 0) is 17.8 Å². The maximum absolute atomic E-state index is 11.8. The fourth-order valence-corrected chi connectivity index (χ4v) is 3.93. The molecule has 2 aromatic rings. The second kappa shape index (κ2) is 6.92. The van der Waals surface area contributed by atoms with Crippen molar-refractivity contribution >= 4 is 17.3 Å². The molecule has 6 heteroatoms. The minimum atomic E-state index is -0.328. The average Bonchev–Trinajstić information content (AvgIpc) is 3.47. The quantitative estimate of drug-likeness (QED) is 0.660. The Kier molecular flexibility index (Phi) is 4.65. The Morgan fingerprint density at radius 2 is 2.20 bits per heavy atom. The third kappa shape index (κ3) is 3.96. The molecule has 2 fully saturated rings. The van der Waals surface area contributed by atoms with Crippen molar-refractivity contribution in [1.82, 2.24) is 9.88 Å². The maximum atomic E-state index is 11.8. The zero-order chi connectivity index (χ0) is 17.4. The molecule has 2 aromatic heterocycles. The summed E-state index contributed by atoms with van der Waals surface area (Å²) < 4.78 is 11.1. The summed E-state index contributed by atoms with van der Waals surface area (Å²) in [4.78, 5) is 18.6. The van der Waals surface area contributed by atoms with E-state index >= 15 is 0 Å². The molecule has 2 atom stereocenters. The highest BCUT2D eigenvalue weighted by Gasteiger charge is 2.37. The van der Waals surface area contributed by atoms with Crippen molar-refractivity contribution in [2.75, 3.05) is 6.61 Å². The van der Waals surface area contributed by atoms with Gasteiger partial charge >= 0.3 is 5.97 Å². The molecule has 2 heterocycles. The van der Waals surface area contributed by atoms with Gasteiger partial charge in [-0.1, -0.05) is 6.92 Å². The smallest absolute Gasteiger partial charge is 0.367 e. The SMILES string of the molecule is CCOC(=O)c1nc(CN(Cc2ccc(C3CC3C)o2)C2CC2)cs1. The number of aromatic nitrogens is 1. The van der Waals surface area contributed by atoms with Crippen molar-refractivity contribution in [3.8, 4) is 0 Å². The summed E-state index contributed by atoms with van der Waals surface area (Å²) in [5.41, 5.74) is 0.933. The number of thiazole rings is 1. The number of carbonyl (C=O) groups excluding carboxylic acids is 1. The Morgan fingerprint density at radius 1 is 1.40 bits per heavy atom. The number of furan rings is 1. The summed E-state index contributed by atoms with van der Waals surface area (Å²) in [6, 6.07) is 4.85. The Labute approximate surface area is 152 Å². The van der Waals surface area contributed by atoms with E-state index in [1.807, 2.05) is 5.38 Å². The maximum Gasteiger partial charge on any atom is 0.367 e. The summed E-state index contributed by atoms with van der Waals surface area (Å²) in [5.74, 6) is 3.22. The molecule has 0 aliphatic heterocycles. The van der Waals surface area contributed by atoms with Crippen LogP contribution in [0.5, 0.6) is 0 Å². The first-order valence-electron chi connectivity index (χ1n) is 9.08. The van der Waals surface area contributed by atoms with Gasteiger partial charge in [-0.25, -0.2) is 9.78 Å². The van der Waals surface area contributed by atoms with Gasteiger partial charge in [-0.05, 0) is 44.2 Å². The van der Waals surface area contributed by atoms with Crippen molar-refractivity contribution in [2.45, 2.75) is 58.2 Å². The van der Waals surface area contributed by atoms with Crippen LogP contribution in [0, 0.1) is 5.92 Å². The number of rotatable bonds is 8. The van der Waals surface area contributed by atoms with Gasteiger partial charge in [0.25, 0.3) is 0 Å². The topological polar surface area (TPSA) is 55.6 Å². The van der Waals surface area contributed by atoms with E-state index < -0.39 is 0 Å². The first kappa shape index (κ1) is 16.8.